The predicted molar refractivity (Wildman–Crippen MR) is 73.1 cm³/mol. The van der Waals surface area contributed by atoms with Gasteiger partial charge in [0, 0.05) is 19.1 Å². The summed E-state index contributed by atoms with van der Waals surface area (Å²) in [5, 5.41) is 12.5. The molecule has 1 aliphatic heterocycles. The summed E-state index contributed by atoms with van der Waals surface area (Å²) in [5.41, 5.74) is 1.94. The molecular formula is C15H21N3. The summed E-state index contributed by atoms with van der Waals surface area (Å²) in [6.07, 6.45) is 1.20. The number of rotatable bonds is 3. The highest BCUT2D eigenvalue weighted by molar-refractivity contribution is 5.32. The largest absolute Gasteiger partial charge is 0.310 e. The van der Waals surface area contributed by atoms with Crippen molar-refractivity contribution in [3.63, 3.8) is 0 Å². The Morgan fingerprint density at radius 3 is 3.06 bits per heavy atom. The molecule has 3 nitrogen and oxygen atoms in total. The van der Waals surface area contributed by atoms with E-state index in [1.807, 2.05) is 18.2 Å². The van der Waals surface area contributed by atoms with Gasteiger partial charge in [-0.3, -0.25) is 0 Å². The molecule has 0 bridgehead atoms. The van der Waals surface area contributed by atoms with Gasteiger partial charge in [0.15, 0.2) is 0 Å². The summed E-state index contributed by atoms with van der Waals surface area (Å²) in [7, 11) is 2.18. The first-order chi connectivity index (χ1) is 8.69. The van der Waals surface area contributed by atoms with Crippen LogP contribution in [0.3, 0.4) is 0 Å². The number of piperidine rings is 1. The van der Waals surface area contributed by atoms with Crippen LogP contribution in [0.2, 0.25) is 0 Å². The van der Waals surface area contributed by atoms with Crippen molar-refractivity contribution in [2.24, 2.45) is 5.92 Å². The molecule has 3 heteroatoms. The minimum absolute atomic E-state index is 0.590. The summed E-state index contributed by atoms with van der Waals surface area (Å²) >= 11 is 0. The Labute approximate surface area is 109 Å². The molecule has 1 saturated heterocycles. The summed E-state index contributed by atoms with van der Waals surface area (Å²) in [4.78, 5) is 2.39. The van der Waals surface area contributed by atoms with Gasteiger partial charge in [-0.1, -0.05) is 19.1 Å². The van der Waals surface area contributed by atoms with E-state index in [1.165, 1.54) is 18.5 Å². The van der Waals surface area contributed by atoms with Gasteiger partial charge >= 0.3 is 0 Å². The van der Waals surface area contributed by atoms with Gasteiger partial charge in [0.25, 0.3) is 0 Å². The van der Waals surface area contributed by atoms with Crippen LogP contribution in [0.15, 0.2) is 24.3 Å². The first-order valence-corrected chi connectivity index (χ1v) is 6.60. The van der Waals surface area contributed by atoms with Crippen molar-refractivity contribution in [2.75, 3.05) is 20.1 Å². The van der Waals surface area contributed by atoms with E-state index in [4.69, 9.17) is 5.26 Å². The third kappa shape index (κ3) is 3.32. The van der Waals surface area contributed by atoms with Crippen LogP contribution in [0.1, 0.15) is 24.5 Å². The molecule has 96 valence electrons. The number of nitrogens with one attached hydrogen (secondary N) is 1. The van der Waals surface area contributed by atoms with Crippen LogP contribution in [0, 0.1) is 17.2 Å². The third-order valence-electron chi connectivity index (χ3n) is 3.73. The van der Waals surface area contributed by atoms with E-state index in [-0.39, 0.29) is 0 Å². The Morgan fingerprint density at radius 1 is 1.50 bits per heavy atom. The monoisotopic (exact) mass is 243 g/mol. The lowest BCUT2D eigenvalue weighted by atomic mass is 9.94. The maximum atomic E-state index is 8.87. The topological polar surface area (TPSA) is 39.1 Å². The van der Waals surface area contributed by atoms with Gasteiger partial charge in [-0.15, -0.1) is 0 Å². The lowest BCUT2D eigenvalue weighted by Crippen LogP contribution is -2.46. The molecular weight excluding hydrogens is 222 g/mol. The molecule has 0 aliphatic carbocycles. The average molecular weight is 243 g/mol. The van der Waals surface area contributed by atoms with E-state index in [0.29, 0.717) is 12.0 Å². The molecule has 0 spiro atoms. The van der Waals surface area contributed by atoms with E-state index in [1.54, 1.807) is 0 Å². The van der Waals surface area contributed by atoms with E-state index >= 15 is 0 Å². The molecule has 1 aromatic rings. The zero-order chi connectivity index (χ0) is 13.0. The average Bonchev–Trinajstić information content (AvgIpc) is 2.38. The highest BCUT2D eigenvalue weighted by Crippen LogP contribution is 2.16. The van der Waals surface area contributed by atoms with Crippen molar-refractivity contribution in [1.82, 2.24) is 10.2 Å². The lowest BCUT2D eigenvalue weighted by molar-refractivity contribution is 0.174. The number of nitriles is 1. The highest BCUT2D eigenvalue weighted by atomic mass is 15.1. The van der Waals surface area contributed by atoms with E-state index in [2.05, 4.69) is 36.3 Å². The van der Waals surface area contributed by atoms with Crippen LogP contribution in [-0.2, 0) is 6.54 Å². The van der Waals surface area contributed by atoms with Crippen LogP contribution in [-0.4, -0.2) is 31.1 Å². The van der Waals surface area contributed by atoms with Crippen LogP contribution in [0.5, 0.6) is 0 Å². The van der Waals surface area contributed by atoms with Crippen LogP contribution in [0.4, 0.5) is 0 Å². The van der Waals surface area contributed by atoms with Crippen LogP contribution >= 0.6 is 0 Å². The van der Waals surface area contributed by atoms with E-state index in [9.17, 15) is 0 Å². The summed E-state index contributed by atoms with van der Waals surface area (Å²) in [5.74, 6) is 0.683. The normalized spacial score (nSPS) is 24.7. The predicted octanol–water partition coefficient (Wildman–Crippen LogP) is 1.99. The number of hydrogen-bond donors (Lipinski definition) is 1. The third-order valence-corrected chi connectivity index (χ3v) is 3.73. The molecule has 0 saturated carbocycles. The number of nitrogens with zero attached hydrogens (tertiary/aromatic N) is 2. The first-order valence-electron chi connectivity index (χ1n) is 6.60. The second-order valence-electron chi connectivity index (χ2n) is 5.33. The summed E-state index contributed by atoms with van der Waals surface area (Å²) in [6, 6.07) is 10.6. The molecule has 2 unspecified atom stereocenters. The SMILES string of the molecule is CC1CN(C)CCC1NCc1cccc(C#N)c1. The maximum absolute atomic E-state index is 8.87. The highest BCUT2D eigenvalue weighted by Gasteiger charge is 2.23. The molecule has 1 N–H and O–H groups in total. The molecule has 1 fully saturated rings. The molecule has 0 amide bonds. The number of benzene rings is 1. The van der Waals surface area contributed by atoms with Crippen molar-refractivity contribution in [3.8, 4) is 6.07 Å². The molecule has 1 aromatic carbocycles. The fraction of sp³-hybridized carbons (Fsp3) is 0.533. The Balaban J connectivity index is 1.89. The quantitative estimate of drug-likeness (QED) is 0.882. The van der Waals surface area contributed by atoms with Gasteiger partial charge in [-0.25, -0.2) is 0 Å². The van der Waals surface area contributed by atoms with Crippen molar-refractivity contribution in [1.29, 1.82) is 5.26 Å². The van der Waals surface area contributed by atoms with E-state index in [0.717, 1.165) is 18.7 Å². The fourth-order valence-electron chi connectivity index (χ4n) is 2.66. The smallest absolute Gasteiger partial charge is 0.0991 e. The number of hydrogen-bond acceptors (Lipinski definition) is 3. The van der Waals surface area contributed by atoms with Crippen molar-refractivity contribution >= 4 is 0 Å². The Bertz CT molecular complexity index is 436. The zero-order valence-electron chi connectivity index (χ0n) is 11.2. The Hall–Kier alpha value is -1.37. The van der Waals surface area contributed by atoms with Crippen molar-refractivity contribution in [3.05, 3.63) is 35.4 Å². The van der Waals surface area contributed by atoms with Crippen LogP contribution in [0.25, 0.3) is 0 Å². The van der Waals surface area contributed by atoms with Gasteiger partial charge in [0.05, 0.1) is 11.6 Å². The molecule has 0 aromatic heterocycles. The van der Waals surface area contributed by atoms with Gasteiger partial charge in [-0.2, -0.15) is 5.26 Å². The minimum atomic E-state index is 0.590. The van der Waals surface area contributed by atoms with Crippen LogP contribution < -0.4 is 5.32 Å². The van der Waals surface area contributed by atoms with Gasteiger partial charge in [-0.05, 0) is 43.6 Å². The maximum Gasteiger partial charge on any atom is 0.0991 e. The molecule has 1 aliphatic rings. The Kier molecular flexibility index (Phi) is 4.35. The molecule has 0 radical (unpaired) electrons. The fourth-order valence-corrected chi connectivity index (χ4v) is 2.66. The molecule has 18 heavy (non-hydrogen) atoms. The van der Waals surface area contributed by atoms with Gasteiger partial charge in [0.1, 0.15) is 0 Å². The minimum Gasteiger partial charge on any atom is -0.310 e. The summed E-state index contributed by atoms with van der Waals surface area (Å²) in [6.45, 7) is 5.49. The van der Waals surface area contributed by atoms with E-state index < -0.39 is 0 Å². The van der Waals surface area contributed by atoms with Gasteiger partial charge in [0.2, 0.25) is 0 Å². The standard InChI is InChI=1S/C15H21N3/c1-12-11-18(2)7-6-15(12)17-10-14-5-3-4-13(8-14)9-16/h3-5,8,12,15,17H,6-7,10-11H2,1-2H3. The van der Waals surface area contributed by atoms with Crippen molar-refractivity contribution < 1.29 is 0 Å². The van der Waals surface area contributed by atoms with Gasteiger partial charge < -0.3 is 10.2 Å². The summed E-state index contributed by atoms with van der Waals surface area (Å²) < 4.78 is 0. The molecule has 1 heterocycles. The molecule has 2 rings (SSSR count). The first kappa shape index (κ1) is 13.1. The second-order valence-corrected chi connectivity index (χ2v) is 5.33. The second kappa shape index (κ2) is 5.99. The molecule has 2 atom stereocenters. The lowest BCUT2D eigenvalue weighted by Gasteiger charge is -2.35. The number of likely N-dealkylation sites (tertiary alicyclic amines) is 1. The Morgan fingerprint density at radius 2 is 2.33 bits per heavy atom. The zero-order valence-corrected chi connectivity index (χ0v) is 11.2. The van der Waals surface area contributed by atoms with Crippen molar-refractivity contribution in [2.45, 2.75) is 25.9 Å².